The van der Waals surface area contributed by atoms with Crippen LogP contribution in [0, 0.1) is 0 Å². The lowest BCUT2D eigenvalue weighted by Gasteiger charge is -2.25. The average molecular weight is 476 g/mol. The van der Waals surface area contributed by atoms with Crippen molar-refractivity contribution < 1.29 is 24.2 Å². The van der Waals surface area contributed by atoms with E-state index < -0.39 is 17.7 Å². The van der Waals surface area contributed by atoms with Crippen LogP contribution in [0.4, 0.5) is 0 Å². The van der Waals surface area contributed by atoms with Gasteiger partial charge in [-0.15, -0.1) is 0 Å². The van der Waals surface area contributed by atoms with E-state index in [9.17, 15) is 14.7 Å². The first-order chi connectivity index (χ1) is 17.0. The van der Waals surface area contributed by atoms with Gasteiger partial charge >= 0.3 is 0 Å². The highest BCUT2D eigenvalue weighted by Gasteiger charge is 2.45. The minimum Gasteiger partial charge on any atom is -0.507 e. The number of likely N-dealkylation sites (tertiary alicyclic amines) is 1. The molecule has 0 aliphatic carbocycles. The van der Waals surface area contributed by atoms with Crippen molar-refractivity contribution in [2.45, 2.75) is 32.4 Å². The molecule has 2 heterocycles. The first kappa shape index (κ1) is 24.1. The molecule has 2 aromatic carbocycles. The zero-order chi connectivity index (χ0) is 24.8. The number of hydrogen-bond acceptors (Lipinski definition) is 6. The van der Waals surface area contributed by atoms with Gasteiger partial charge in [0.2, 0.25) is 0 Å². The second-order valence-corrected chi connectivity index (χ2v) is 8.29. The SMILES string of the molecule is CCCOc1ccc(C2C(=C(O)c3ccc(OC)cc3)C(=O)C(=O)N2CCCn2ccnc2)cc1. The first-order valence-electron chi connectivity index (χ1n) is 11.6. The van der Waals surface area contributed by atoms with E-state index in [4.69, 9.17) is 9.47 Å². The van der Waals surface area contributed by atoms with E-state index in [0.717, 1.165) is 12.0 Å². The number of nitrogens with zero attached hydrogens (tertiary/aromatic N) is 3. The predicted octanol–water partition coefficient (Wildman–Crippen LogP) is 4.19. The molecule has 0 saturated carbocycles. The number of aromatic nitrogens is 2. The molecular formula is C27H29N3O5. The van der Waals surface area contributed by atoms with Crippen LogP contribution < -0.4 is 9.47 Å². The van der Waals surface area contributed by atoms with Gasteiger partial charge in [0.05, 0.1) is 31.7 Å². The molecule has 35 heavy (non-hydrogen) atoms. The van der Waals surface area contributed by atoms with Crippen LogP contribution >= 0.6 is 0 Å². The highest BCUT2D eigenvalue weighted by Crippen LogP contribution is 2.40. The molecule has 3 aromatic rings. The van der Waals surface area contributed by atoms with E-state index in [1.54, 1.807) is 43.9 Å². The summed E-state index contributed by atoms with van der Waals surface area (Å²) >= 11 is 0. The topological polar surface area (TPSA) is 93.9 Å². The Balaban J connectivity index is 1.69. The fourth-order valence-corrected chi connectivity index (χ4v) is 4.17. The molecule has 0 radical (unpaired) electrons. The summed E-state index contributed by atoms with van der Waals surface area (Å²) in [5.41, 5.74) is 1.24. The fourth-order valence-electron chi connectivity index (χ4n) is 4.17. The highest BCUT2D eigenvalue weighted by molar-refractivity contribution is 6.46. The number of ether oxygens (including phenoxy) is 2. The minimum atomic E-state index is -0.708. The maximum absolute atomic E-state index is 13.2. The second kappa shape index (κ2) is 10.9. The van der Waals surface area contributed by atoms with Crippen LogP contribution in [0.25, 0.3) is 5.76 Å². The Kier molecular flexibility index (Phi) is 7.50. The van der Waals surface area contributed by atoms with Gasteiger partial charge in [-0.2, -0.15) is 0 Å². The number of amides is 1. The van der Waals surface area contributed by atoms with E-state index in [-0.39, 0.29) is 11.3 Å². The summed E-state index contributed by atoms with van der Waals surface area (Å²) in [7, 11) is 1.55. The van der Waals surface area contributed by atoms with Crippen LogP contribution in [0.15, 0.2) is 72.8 Å². The molecular weight excluding hydrogens is 446 g/mol. The Labute approximate surface area is 204 Å². The van der Waals surface area contributed by atoms with Gasteiger partial charge in [-0.1, -0.05) is 19.1 Å². The molecule has 1 unspecified atom stereocenters. The molecule has 0 bridgehead atoms. The van der Waals surface area contributed by atoms with Gasteiger partial charge in [-0.3, -0.25) is 9.59 Å². The van der Waals surface area contributed by atoms with E-state index in [1.165, 1.54) is 4.90 Å². The number of aliphatic hydroxyl groups is 1. The molecule has 4 rings (SSSR count). The van der Waals surface area contributed by atoms with Crippen LogP contribution in [-0.4, -0.2) is 51.5 Å². The molecule has 1 atom stereocenters. The van der Waals surface area contributed by atoms with Gasteiger partial charge in [-0.25, -0.2) is 4.98 Å². The summed E-state index contributed by atoms with van der Waals surface area (Å²) in [6, 6.07) is 13.3. The molecule has 182 valence electrons. The van der Waals surface area contributed by atoms with Gasteiger partial charge in [0, 0.05) is 31.0 Å². The summed E-state index contributed by atoms with van der Waals surface area (Å²) in [6.45, 7) is 3.63. The quantitative estimate of drug-likeness (QED) is 0.268. The number of benzene rings is 2. The Morgan fingerprint density at radius 1 is 1.03 bits per heavy atom. The Morgan fingerprint density at radius 2 is 1.74 bits per heavy atom. The van der Waals surface area contributed by atoms with Gasteiger partial charge in [0.15, 0.2) is 0 Å². The van der Waals surface area contributed by atoms with E-state index in [1.807, 2.05) is 42.0 Å². The number of aryl methyl sites for hydroxylation is 1. The molecule has 8 nitrogen and oxygen atoms in total. The van der Waals surface area contributed by atoms with E-state index in [0.29, 0.717) is 43.2 Å². The number of aliphatic hydroxyl groups excluding tert-OH is 1. The average Bonchev–Trinajstić information content (AvgIpc) is 3.50. The van der Waals surface area contributed by atoms with Crippen molar-refractivity contribution in [1.82, 2.24) is 14.5 Å². The van der Waals surface area contributed by atoms with Crippen LogP contribution in [0.2, 0.25) is 0 Å². The van der Waals surface area contributed by atoms with Crippen molar-refractivity contribution in [1.29, 1.82) is 0 Å². The Hall–Kier alpha value is -4.07. The van der Waals surface area contributed by atoms with Crippen molar-refractivity contribution in [2.24, 2.45) is 0 Å². The minimum absolute atomic E-state index is 0.0741. The summed E-state index contributed by atoms with van der Waals surface area (Å²) in [4.78, 5) is 31.8. The number of methoxy groups -OCH3 is 1. The lowest BCUT2D eigenvalue weighted by Crippen LogP contribution is -2.31. The summed E-state index contributed by atoms with van der Waals surface area (Å²) in [6.07, 6.45) is 6.78. The van der Waals surface area contributed by atoms with Crippen molar-refractivity contribution in [2.75, 3.05) is 20.3 Å². The molecule has 1 saturated heterocycles. The maximum Gasteiger partial charge on any atom is 0.295 e. The smallest absolute Gasteiger partial charge is 0.295 e. The van der Waals surface area contributed by atoms with Crippen LogP contribution in [-0.2, 0) is 16.1 Å². The molecule has 0 spiro atoms. The molecule has 1 aromatic heterocycles. The van der Waals surface area contributed by atoms with Crippen LogP contribution in [0.1, 0.15) is 36.9 Å². The number of imidazole rings is 1. The summed E-state index contributed by atoms with van der Waals surface area (Å²) in [5, 5.41) is 11.2. The maximum atomic E-state index is 13.2. The third kappa shape index (κ3) is 5.21. The lowest BCUT2D eigenvalue weighted by molar-refractivity contribution is -0.139. The van der Waals surface area contributed by atoms with Crippen LogP contribution in [0.5, 0.6) is 11.5 Å². The lowest BCUT2D eigenvalue weighted by atomic mass is 9.95. The third-order valence-corrected chi connectivity index (χ3v) is 5.95. The number of ketones is 1. The van der Waals surface area contributed by atoms with Gasteiger partial charge in [0.1, 0.15) is 17.3 Å². The summed E-state index contributed by atoms with van der Waals surface area (Å²) < 4.78 is 12.8. The second-order valence-electron chi connectivity index (χ2n) is 8.29. The first-order valence-corrected chi connectivity index (χ1v) is 11.6. The molecule has 1 N–H and O–H groups in total. The molecule has 1 aliphatic rings. The van der Waals surface area contributed by atoms with Gasteiger partial charge < -0.3 is 24.0 Å². The van der Waals surface area contributed by atoms with Crippen LogP contribution in [0.3, 0.4) is 0 Å². The van der Waals surface area contributed by atoms with Gasteiger partial charge in [0.25, 0.3) is 11.7 Å². The molecule has 8 heteroatoms. The van der Waals surface area contributed by atoms with Crippen molar-refractivity contribution in [3.63, 3.8) is 0 Å². The molecule has 1 aliphatic heterocycles. The monoisotopic (exact) mass is 475 g/mol. The number of hydrogen-bond donors (Lipinski definition) is 1. The summed E-state index contributed by atoms with van der Waals surface area (Å²) in [5.74, 6) is -0.192. The predicted molar refractivity (Wildman–Crippen MR) is 131 cm³/mol. The number of carbonyl (C=O) groups excluding carboxylic acids is 2. The normalized spacial score (nSPS) is 17.1. The number of rotatable bonds is 10. The van der Waals surface area contributed by atoms with Gasteiger partial charge in [-0.05, 0) is 54.8 Å². The van der Waals surface area contributed by atoms with E-state index >= 15 is 0 Å². The van der Waals surface area contributed by atoms with Crippen molar-refractivity contribution >= 4 is 17.4 Å². The number of carbonyl (C=O) groups is 2. The largest absolute Gasteiger partial charge is 0.507 e. The zero-order valence-electron chi connectivity index (χ0n) is 19.9. The zero-order valence-corrected chi connectivity index (χ0v) is 19.9. The highest BCUT2D eigenvalue weighted by atomic mass is 16.5. The van der Waals surface area contributed by atoms with Crippen molar-refractivity contribution in [3.05, 3.63) is 84.0 Å². The standard InChI is InChI=1S/C27H29N3O5/c1-3-17-35-22-11-5-19(6-12-22)24-23(25(31)20-7-9-21(34-2)10-8-20)26(32)27(33)30(24)15-4-14-29-16-13-28-18-29/h5-13,16,18,24,31H,3-4,14-15,17H2,1-2H3. The Morgan fingerprint density at radius 3 is 2.37 bits per heavy atom. The third-order valence-electron chi connectivity index (χ3n) is 5.95. The van der Waals surface area contributed by atoms with E-state index in [2.05, 4.69) is 4.98 Å². The molecule has 1 fully saturated rings. The fraction of sp³-hybridized carbons (Fsp3) is 0.296. The Bertz CT molecular complexity index is 1180. The molecule has 1 amide bonds. The van der Waals surface area contributed by atoms with Crippen molar-refractivity contribution in [3.8, 4) is 11.5 Å². The number of Topliss-reactive ketones (excluding diaryl/α,β-unsaturated/α-hetero) is 1.